The summed E-state index contributed by atoms with van der Waals surface area (Å²) in [6, 6.07) is 2.34. The molecule has 2 N–H and O–H groups in total. The molecule has 1 aliphatic rings. The first kappa shape index (κ1) is 15.2. The highest BCUT2D eigenvalue weighted by Crippen LogP contribution is 2.21. The van der Waals surface area contributed by atoms with Crippen LogP contribution in [-0.2, 0) is 6.54 Å². The van der Waals surface area contributed by atoms with Gasteiger partial charge in [-0.2, -0.15) is 0 Å². The molecule has 0 aromatic heterocycles. The Morgan fingerprint density at radius 3 is 2.40 bits per heavy atom. The lowest BCUT2D eigenvalue weighted by molar-refractivity contribution is 0.190. The molecule has 2 rings (SSSR count). The molecule has 0 bridgehead atoms. The van der Waals surface area contributed by atoms with E-state index in [2.05, 4.69) is 17.1 Å². The number of phenolic OH excluding ortho intramolecular Hbond substituents is 1. The number of nitrogens with zero attached hydrogens (tertiary/aromatic N) is 1. The first-order chi connectivity index (χ1) is 9.60. The van der Waals surface area contributed by atoms with E-state index in [4.69, 9.17) is 5.11 Å². The largest absolute Gasteiger partial charge is 0.503 e. The minimum Gasteiger partial charge on any atom is -0.503 e. The maximum Gasteiger partial charge on any atom is 0.187 e. The average Bonchev–Trinajstić information content (AvgIpc) is 2.45. The van der Waals surface area contributed by atoms with Crippen molar-refractivity contribution in [3.8, 4) is 5.75 Å². The standard InChI is InChI=1S/C15H22F2N2O/c1-2-19-5-3-11(4-6-19)9-18-10-12-7-13(16)15(20)14(17)8-12/h7-8,11,18,20H,2-6,9-10H2,1H3. The highest BCUT2D eigenvalue weighted by atomic mass is 19.1. The van der Waals surface area contributed by atoms with E-state index in [1.165, 1.54) is 25.0 Å². The Labute approximate surface area is 118 Å². The molecular formula is C15H22F2N2O. The first-order valence-electron chi connectivity index (χ1n) is 7.20. The van der Waals surface area contributed by atoms with E-state index in [1.54, 1.807) is 0 Å². The van der Waals surface area contributed by atoms with Gasteiger partial charge in [-0.3, -0.25) is 0 Å². The van der Waals surface area contributed by atoms with Crippen molar-refractivity contribution in [2.75, 3.05) is 26.2 Å². The molecule has 1 saturated heterocycles. The third-order valence-corrected chi connectivity index (χ3v) is 3.99. The number of rotatable bonds is 5. The zero-order valence-electron chi connectivity index (χ0n) is 11.8. The molecule has 0 atom stereocenters. The van der Waals surface area contributed by atoms with Crippen LogP contribution in [0.4, 0.5) is 8.78 Å². The van der Waals surface area contributed by atoms with Crippen molar-refractivity contribution < 1.29 is 13.9 Å². The van der Waals surface area contributed by atoms with Gasteiger partial charge in [-0.25, -0.2) is 8.78 Å². The third-order valence-electron chi connectivity index (χ3n) is 3.99. The number of hydrogen-bond acceptors (Lipinski definition) is 3. The zero-order chi connectivity index (χ0) is 14.5. The van der Waals surface area contributed by atoms with Crippen molar-refractivity contribution in [1.82, 2.24) is 10.2 Å². The van der Waals surface area contributed by atoms with Crippen LogP contribution in [0.3, 0.4) is 0 Å². The summed E-state index contributed by atoms with van der Waals surface area (Å²) in [6.45, 7) is 6.82. The topological polar surface area (TPSA) is 35.5 Å². The number of piperidine rings is 1. The molecule has 0 amide bonds. The molecule has 0 spiro atoms. The molecule has 0 aliphatic carbocycles. The molecular weight excluding hydrogens is 262 g/mol. The summed E-state index contributed by atoms with van der Waals surface area (Å²) in [5.41, 5.74) is 0.517. The smallest absolute Gasteiger partial charge is 0.187 e. The highest BCUT2D eigenvalue weighted by molar-refractivity contribution is 5.29. The predicted octanol–water partition coefficient (Wildman–Crippen LogP) is 2.49. The van der Waals surface area contributed by atoms with Gasteiger partial charge >= 0.3 is 0 Å². The van der Waals surface area contributed by atoms with Crippen molar-refractivity contribution in [1.29, 1.82) is 0 Å². The van der Waals surface area contributed by atoms with E-state index in [-0.39, 0.29) is 0 Å². The fourth-order valence-corrected chi connectivity index (χ4v) is 2.65. The molecule has 5 heteroatoms. The van der Waals surface area contributed by atoms with Crippen molar-refractivity contribution in [2.24, 2.45) is 5.92 Å². The quantitative estimate of drug-likeness (QED) is 0.872. The number of aromatic hydroxyl groups is 1. The van der Waals surface area contributed by atoms with Crippen LogP contribution >= 0.6 is 0 Å². The van der Waals surface area contributed by atoms with Crippen molar-refractivity contribution in [3.63, 3.8) is 0 Å². The first-order valence-corrected chi connectivity index (χ1v) is 7.20. The van der Waals surface area contributed by atoms with Crippen LogP contribution in [0.25, 0.3) is 0 Å². The van der Waals surface area contributed by atoms with E-state index in [9.17, 15) is 8.78 Å². The average molecular weight is 284 g/mol. The maximum absolute atomic E-state index is 13.2. The fraction of sp³-hybridized carbons (Fsp3) is 0.600. The Balaban J connectivity index is 1.76. The zero-order valence-corrected chi connectivity index (χ0v) is 11.8. The summed E-state index contributed by atoms with van der Waals surface area (Å²) >= 11 is 0. The van der Waals surface area contributed by atoms with Gasteiger partial charge in [0.05, 0.1) is 0 Å². The lowest BCUT2D eigenvalue weighted by Crippen LogP contribution is -2.36. The van der Waals surface area contributed by atoms with Gasteiger partial charge in [0.1, 0.15) is 0 Å². The van der Waals surface area contributed by atoms with E-state index in [0.29, 0.717) is 18.0 Å². The second-order valence-corrected chi connectivity index (χ2v) is 5.42. The number of phenols is 1. The van der Waals surface area contributed by atoms with Gasteiger partial charge in [-0.15, -0.1) is 0 Å². The van der Waals surface area contributed by atoms with Crippen LogP contribution in [0, 0.1) is 17.6 Å². The fourth-order valence-electron chi connectivity index (χ4n) is 2.65. The van der Waals surface area contributed by atoms with Crippen LogP contribution in [0.1, 0.15) is 25.3 Å². The summed E-state index contributed by atoms with van der Waals surface area (Å²) in [6.07, 6.45) is 2.33. The Morgan fingerprint density at radius 2 is 1.85 bits per heavy atom. The molecule has 1 fully saturated rings. The molecule has 0 unspecified atom stereocenters. The summed E-state index contributed by atoms with van der Waals surface area (Å²) < 4.78 is 26.4. The lowest BCUT2D eigenvalue weighted by atomic mass is 9.97. The lowest BCUT2D eigenvalue weighted by Gasteiger charge is -2.31. The minimum absolute atomic E-state index is 0.419. The van der Waals surface area contributed by atoms with Crippen molar-refractivity contribution in [2.45, 2.75) is 26.3 Å². The second-order valence-electron chi connectivity index (χ2n) is 5.42. The van der Waals surface area contributed by atoms with Gasteiger partial charge in [-0.05, 0) is 62.6 Å². The normalized spacial score (nSPS) is 17.6. The Hall–Kier alpha value is -1.20. The molecule has 20 heavy (non-hydrogen) atoms. The van der Waals surface area contributed by atoms with Gasteiger partial charge < -0.3 is 15.3 Å². The van der Waals surface area contributed by atoms with Gasteiger partial charge in [0, 0.05) is 6.54 Å². The minimum atomic E-state index is -0.905. The maximum atomic E-state index is 13.2. The van der Waals surface area contributed by atoms with Crippen molar-refractivity contribution in [3.05, 3.63) is 29.3 Å². The monoisotopic (exact) mass is 284 g/mol. The number of hydrogen-bond donors (Lipinski definition) is 2. The van der Waals surface area contributed by atoms with E-state index in [1.807, 2.05) is 0 Å². The summed E-state index contributed by atoms with van der Waals surface area (Å²) in [4.78, 5) is 2.43. The number of benzene rings is 1. The van der Waals surface area contributed by atoms with E-state index < -0.39 is 17.4 Å². The van der Waals surface area contributed by atoms with Crippen molar-refractivity contribution >= 4 is 0 Å². The molecule has 112 valence electrons. The summed E-state index contributed by atoms with van der Waals surface area (Å²) in [5, 5.41) is 12.3. The molecule has 1 heterocycles. The van der Waals surface area contributed by atoms with Gasteiger partial charge in [0.2, 0.25) is 0 Å². The van der Waals surface area contributed by atoms with E-state index >= 15 is 0 Å². The van der Waals surface area contributed by atoms with Gasteiger partial charge in [0.15, 0.2) is 17.4 Å². The number of likely N-dealkylation sites (tertiary alicyclic amines) is 1. The van der Waals surface area contributed by atoms with Crippen LogP contribution in [-0.4, -0.2) is 36.2 Å². The number of nitrogens with one attached hydrogen (secondary N) is 1. The molecule has 1 aliphatic heterocycles. The molecule has 3 nitrogen and oxygen atoms in total. The van der Waals surface area contributed by atoms with Crippen LogP contribution in [0.15, 0.2) is 12.1 Å². The number of halogens is 2. The Bertz CT molecular complexity index is 422. The molecule has 0 saturated carbocycles. The Kier molecular flexibility index (Phi) is 5.31. The molecule has 1 aromatic rings. The highest BCUT2D eigenvalue weighted by Gasteiger charge is 2.17. The SMILES string of the molecule is CCN1CCC(CNCc2cc(F)c(O)c(F)c2)CC1. The predicted molar refractivity (Wildman–Crippen MR) is 74.6 cm³/mol. The van der Waals surface area contributed by atoms with Gasteiger partial charge in [0.25, 0.3) is 0 Å². The van der Waals surface area contributed by atoms with Crippen LogP contribution < -0.4 is 5.32 Å². The third kappa shape index (κ3) is 3.90. The molecule has 0 radical (unpaired) electrons. The molecule has 1 aromatic carbocycles. The van der Waals surface area contributed by atoms with Crippen LogP contribution in [0.5, 0.6) is 5.75 Å². The summed E-state index contributed by atoms with van der Waals surface area (Å²) in [5.74, 6) is -2.08. The Morgan fingerprint density at radius 1 is 1.25 bits per heavy atom. The van der Waals surface area contributed by atoms with Gasteiger partial charge in [-0.1, -0.05) is 6.92 Å². The second kappa shape index (κ2) is 6.99. The van der Waals surface area contributed by atoms with Crippen LogP contribution in [0.2, 0.25) is 0 Å². The van der Waals surface area contributed by atoms with E-state index in [0.717, 1.165) is 26.2 Å². The summed E-state index contributed by atoms with van der Waals surface area (Å²) in [7, 11) is 0.